The molecular weight excluding hydrogens is 260 g/mol. The van der Waals surface area contributed by atoms with Crippen LogP contribution in [-0.2, 0) is 19.3 Å². The molecule has 0 saturated heterocycles. The predicted octanol–water partition coefficient (Wildman–Crippen LogP) is 2.85. The van der Waals surface area contributed by atoms with Crippen LogP contribution in [0.15, 0.2) is 24.3 Å². The number of fused-ring (bicyclic) bond motifs is 1. The molecule has 3 rings (SSSR count). The highest BCUT2D eigenvalue weighted by atomic mass is 15.4. The summed E-state index contributed by atoms with van der Waals surface area (Å²) >= 11 is 0. The molecule has 1 aliphatic rings. The van der Waals surface area contributed by atoms with E-state index in [1.807, 2.05) is 0 Å². The van der Waals surface area contributed by atoms with Crippen LogP contribution >= 0.6 is 0 Å². The summed E-state index contributed by atoms with van der Waals surface area (Å²) < 4.78 is 2.17. The maximum absolute atomic E-state index is 4.76. The van der Waals surface area contributed by atoms with Crippen molar-refractivity contribution < 1.29 is 0 Å². The van der Waals surface area contributed by atoms with Crippen molar-refractivity contribution >= 4 is 0 Å². The molecular formula is C17H24N4. The smallest absolute Gasteiger partial charge is 0.150 e. The van der Waals surface area contributed by atoms with Gasteiger partial charge in [0, 0.05) is 12.8 Å². The molecule has 1 aromatic carbocycles. The van der Waals surface area contributed by atoms with Gasteiger partial charge in [0.1, 0.15) is 5.82 Å². The van der Waals surface area contributed by atoms with Crippen molar-refractivity contribution in [3.05, 3.63) is 47.0 Å². The molecule has 2 atom stereocenters. The number of aromatic nitrogens is 3. The van der Waals surface area contributed by atoms with Gasteiger partial charge in [0.05, 0.1) is 12.1 Å². The van der Waals surface area contributed by atoms with E-state index in [4.69, 9.17) is 5.10 Å². The van der Waals surface area contributed by atoms with Crippen LogP contribution in [0, 0.1) is 0 Å². The highest BCUT2D eigenvalue weighted by Gasteiger charge is 2.34. The van der Waals surface area contributed by atoms with Gasteiger partial charge in [-0.1, -0.05) is 45.0 Å². The van der Waals surface area contributed by atoms with Crippen LogP contribution in [0.3, 0.4) is 0 Å². The number of likely N-dealkylation sites (N-methyl/N-ethyl adjacent to an activating group) is 1. The molecule has 2 aromatic rings. The van der Waals surface area contributed by atoms with Crippen LogP contribution in [-0.4, -0.2) is 21.3 Å². The van der Waals surface area contributed by atoms with Gasteiger partial charge in [0.2, 0.25) is 0 Å². The first-order valence-electron chi connectivity index (χ1n) is 8.03. The molecule has 0 radical (unpaired) electrons. The average molecular weight is 284 g/mol. The minimum absolute atomic E-state index is 0.336. The SMILES string of the molecule is CCNC1c2ccccc2CC1n1nc(CC)nc1CC. The topological polar surface area (TPSA) is 42.7 Å². The lowest BCUT2D eigenvalue weighted by molar-refractivity contribution is 0.349. The van der Waals surface area contributed by atoms with Gasteiger partial charge in [-0.25, -0.2) is 9.67 Å². The van der Waals surface area contributed by atoms with Crippen LogP contribution in [0.1, 0.15) is 55.6 Å². The third-order valence-corrected chi connectivity index (χ3v) is 4.32. The standard InChI is InChI=1S/C17H24N4/c1-4-15-19-16(5-2)21(20-15)14-11-12-9-7-8-10-13(12)17(14)18-6-3/h7-10,14,17-18H,4-6,11H2,1-3H3. The van der Waals surface area contributed by atoms with Crippen LogP contribution in [0.5, 0.6) is 0 Å². The number of hydrogen-bond donors (Lipinski definition) is 1. The first-order chi connectivity index (χ1) is 10.3. The van der Waals surface area contributed by atoms with E-state index in [0.29, 0.717) is 12.1 Å². The van der Waals surface area contributed by atoms with E-state index >= 15 is 0 Å². The lowest BCUT2D eigenvalue weighted by Gasteiger charge is -2.22. The second-order valence-electron chi connectivity index (χ2n) is 5.60. The number of benzene rings is 1. The van der Waals surface area contributed by atoms with Crippen molar-refractivity contribution in [2.45, 2.75) is 52.1 Å². The molecule has 0 spiro atoms. The van der Waals surface area contributed by atoms with E-state index in [0.717, 1.165) is 37.5 Å². The fourth-order valence-corrected chi connectivity index (χ4v) is 3.33. The quantitative estimate of drug-likeness (QED) is 0.918. The normalized spacial score (nSPS) is 20.7. The van der Waals surface area contributed by atoms with E-state index in [1.54, 1.807) is 0 Å². The Morgan fingerprint density at radius 1 is 1.19 bits per heavy atom. The zero-order valence-electron chi connectivity index (χ0n) is 13.1. The van der Waals surface area contributed by atoms with Crippen molar-refractivity contribution in [2.75, 3.05) is 6.54 Å². The van der Waals surface area contributed by atoms with Crippen LogP contribution in [0.4, 0.5) is 0 Å². The Hall–Kier alpha value is -1.68. The third kappa shape index (κ3) is 2.48. The number of nitrogens with one attached hydrogen (secondary N) is 1. The summed E-state index contributed by atoms with van der Waals surface area (Å²) in [6.07, 6.45) is 2.86. The fraction of sp³-hybridized carbons (Fsp3) is 0.529. The molecule has 0 saturated carbocycles. The van der Waals surface area contributed by atoms with E-state index in [9.17, 15) is 0 Å². The maximum atomic E-state index is 4.76. The molecule has 4 nitrogen and oxygen atoms in total. The van der Waals surface area contributed by atoms with Gasteiger partial charge in [-0.05, 0) is 24.1 Å². The molecule has 0 bridgehead atoms. The van der Waals surface area contributed by atoms with Gasteiger partial charge in [0.25, 0.3) is 0 Å². The van der Waals surface area contributed by atoms with E-state index < -0.39 is 0 Å². The Labute approximate surface area is 126 Å². The van der Waals surface area contributed by atoms with E-state index in [-0.39, 0.29) is 0 Å². The fourth-order valence-electron chi connectivity index (χ4n) is 3.33. The first-order valence-corrected chi connectivity index (χ1v) is 8.03. The summed E-state index contributed by atoms with van der Waals surface area (Å²) in [5, 5.41) is 8.40. The minimum atomic E-state index is 0.336. The molecule has 1 aliphatic carbocycles. The van der Waals surface area contributed by atoms with Crippen molar-refractivity contribution in [1.82, 2.24) is 20.1 Å². The van der Waals surface area contributed by atoms with Crippen molar-refractivity contribution in [2.24, 2.45) is 0 Å². The van der Waals surface area contributed by atoms with Crippen LogP contribution in [0.2, 0.25) is 0 Å². The third-order valence-electron chi connectivity index (χ3n) is 4.32. The van der Waals surface area contributed by atoms with Crippen molar-refractivity contribution in [3.63, 3.8) is 0 Å². The van der Waals surface area contributed by atoms with Gasteiger partial charge >= 0.3 is 0 Å². The Kier molecular flexibility index (Phi) is 4.06. The zero-order chi connectivity index (χ0) is 14.8. The summed E-state index contributed by atoms with van der Waals surface area (Å²) in [5.74, 6) is 2.06. The highest BCUT2D eigenvalue weighted by molar-refractivity contribution is 5.36. The number of rotatable bonds is 5. The van der Waals surface area contributed by atoms with Gasteiger partial charge in [0.15, 0.2) is 5.82 Å². The molecule has 1 aromatic heterocycles. The molecule has 1 N–H and O–H groups in total. The van der Waals surface area contributed by atoms with Gasteiger partial charge in [-0.3, -0.25) is 0 Å². The lowest BCUT2D eigenvalue weighted by Crippen LogP contribution is -2.29. The molecule has 112 valence electrons. The van der Waals surface area contributed by atoms with E-state index in [1.165, 1.54) is 11.1 Å². The monoisotopic (exact) mass is 284 g/mol. The molecule has 4 heteroatoms. The lowest BCUT2D eigenvalue weighted by atomic mass is 10.1. The summed E-state index contributed by atoms with van der Waals surface area (Å²) in [7, 11) is 0. The summed E-state index contributed by atoms with van der Waals surface area (Å²) in [6, 6.07) is 9.41. The maximum Gasteiger partial charge on any atom is 0.150 e. The summed E-state index contributed by atoms with van der Waals surface area (Å²) in [5.41, 5.74) is 2.85. The Balaban J connectivity index is 2.00. The van der Waals surface area contributed by atoms with E-state index in [2.05, 4.69) is 60.0 Å². The Morgan fingerprint density at radius 3 is 2.71 bits per heavy atom. The Bertz CT molecular complexity index is 617. The highest BCUT2D eigenvalue weighted by Crippen LogP contribution is 2.39. The zero-order valence-corrected chi connectivity index (χ0v) is 13.1. The minimum Gasteiger partial charge on any atom is -0.308 e. The second kappa shape index (κ2) is 5.98. The number of hydrogen-bond acceptors (Lipinski definition) is 3. The predicted molar refractivity (Wildman–Crippen MR) is 84.4 cm³/mol. The van der Waals surface area contributed by atoms with Crippen LogP contribution < -0.4 is 5.32 Å². The van der Waals surface area contributed by atoms with Crippen molar-refractivity contribution in [3.8, 4) is 0 Å². The van der Waals surface area contributed by atoms with Gasteiger partial charge < -0.3 is 5.32 Å². The molecule has 0 fully saturated rings. The molecule has 21 heavy (non-hydrogen) atoms. The molecule has 2 unspecified atom stereocenters. The van der Waals surface area contributed by atoms with Crippen molar-refractivity contribution in [1.29, 1.82) is 0 Å². The second-order valence-corrected chi connectivity index (χ2v) is 5.60. The van der Waals surface area contributed by atoms with Gasteiger partial charge in [-0.15, -0.1) is 0 Å². The molecule has 0 amide bonds. The first kappa shape index (κ1) is 14.3. The summed E-state index contributed by atoms with van der Waals surface area (Å²) in [6.45, 7) is 7.40. The number of nitrogens with zero attached hydrogens (tertiary/aromatic N) is 3. The average Bonchev–Trinajstić information content (AvgIpc) is 3.09. The number of aryl methyl sites for hydroxylation is 2. The van der Waals surface area contributed by atoms with Gasteiger partial charge in [-0.2, -0.15) is 5.10 Å². The Morgan fingerprint density at radius 2 is 2.00 bits per heavy atom. The largest absolute Gasteiger partial charge is 0.308 e. The summed E-state index contributed by atoms with van der Waals surface area (Å²) in [4.78, 5) is 4.67. The molecule has 1 heterocycles. The van der Waals surface area contributed by atoms with Crippen LogP contribution in [0.25, 0.3) is 0 Å². The molecule has 0 aliphatic heterocycles.